The predicted molar refractivity (Wildman–Crippen MR) is 31.0 cm³/mol. The fourth-order valence-electron chi connectivity index (χ4n) is 0.544. The average Bonchev–Trinajstić information content (AvgIpc) is 1.77. The van der Waals surface area contributed by atoms with E-state index in [1.165, 1.54) is 6.08 Å². The third kappa shape index (κ3) is 0.964. The predicted octanol–water partition coefficient (Wildman–Crippen LogP) is 0.358. The van der Waals surface area contributed by atoms with Gasteiger partial charge in [0, 0.05) is 12.1 Å². The van der Waals surface area contributed by atoms with Crippen molar-refractivity contribution in [3.05, 3.63) is 23.9 Å². The third-order valence-electron chi connectivity index (χ3n) is 1.00. The second kappa shape index (κ2) is 1.82. The SMILES string of the molecule is NC1=CCC(=O)C=C1. The van der Waals surface area contributed by atoms with Crippen LogP contribution in [0.25, 0.3) is 0 Å². The Morgan fingerprint density at radius 1 is 1.50 bits per heavy atom. The molecule has 0 aromatic heterocycles. The Labute approximate surface area is 47.7 Å². The van der Waals surface area contributed by atoms with Gasteiger partial charge in [-0.2, -0.15) is 0 Å². The van der Waals surface area contributed by atoms with Crippen LogP contribution in [0.15, 0.2) is 23.9 Å². The van der Waals surface area contributed by atoms with E-state index in [1.54, 1.807) is 12.2 Å². The summed E-state index contributed by atoms with van der Waals surface area (Å²) in [6, 6.07) is 0. The molecule has 0 bridgehead atoms. The maximum absolute atomic E-state index is 10.4. The maximum atomic E-state index is 10.4. The van der Waals surface area contributed by atoms with Crippen molar-refractivity contribution in [2.24, 2.45) is 5.73 Å². The van der Waals surface area contributed by atoms with Crippen LogP contribution >= 0.6 is 0 Å². The molecule has 0 aromatic rings. The van der Waals surface area contributed by atoms with Gasteiger partial charge >= 0.3 is 0 Å². The van der Waals surface area contributed by atoms with Crippen molar-refractivity contribution in [2.75, 3.05) is 0 Å². The summed E-state index contributed by atoms with van der Waals surface area (Å²) in [4.78, 5) is 10.4. The molecule has 0 atom stereocenters. The van der Waals surface area contributed by atoms with Gasteiger partial charge in [-0.3, -0.25) is 4.79 Å². The number of hydrogen-bond donors (Lipinski definition) is 1. The highest BCUT2D eigenvalue weighted by Gasteiger charge is 1.97. The molecule has 0 unspecified atom stereocenters. The molecule has 0 fully saturated rings. The van der Waals surface area contributed by atoms with Gasteiger partial charge in [0.2, 0.25) is 0 Å². The molecule has 8 heavy (non-hydrogen) atoms. The molecule has 0 aromatic carbocycles. The molecule has 0 radical (unpaired) electrons. The number of rotatable bonds is 0. The largest absolute Gasteiger partial charge is 0.399 e. The number of nitrogens with two attached hydrogens (primary N) is 1. The minimum absolute atomic E-state index is 0.124. The van der Waals surface area contributed by atoms with Crippen LogP contribution in [0, 0.1) is 0 Å². The first kappa shape index (κ1) is 5.09. The van der Waals surface area contributed by atoms with Gasteiger partial charge in [-0.15, -0.1) is 0 Å². The van der Waals surface area contributed by atoms with Crippen LogP contribution < -0.4 is 5.73 Å². The minimum atomic E-state index is 0.124. The maximum Gasteiger partial charge on any atom is 0.159 e. The van der Waals surface area contributed by atoms with Crippen LogP contribution in [0.5, 0.6) is 0 Å². The van der Waals surface area contributed by atoms with Crippen molar-refractivity contribution in [3.63, 3.8) is 0 Å². The van der Waals surface area contributed by atoms with E-state index in [0.717, 1.165) is 0 Å². The van der Waals surface area contributed by atoms with Gasteiger partial charge in [-0.1, -0.05) is 6.08 Å². The van der Waals surface area contributed by atoms with Gasteiger partial charge in [0.05, 0.1) is 0 Å². The van der Waals surface area contributed by atoms with Crippen molar-refractivity contribution in [2.45, 2.75) is 6.42 Å². The zero-order chi connectivity index (χ0) is 5.98. The third-order valence-corrected chi connectivity index (χ3v) is 1.00. The summed E-state index contributed by atoms with van der Waals surface area (Å²) in [5, 5.41) is 0. The van der Waals surface area contributed by atoms with E-state index >= 15 is 0 Å². The summed E-state index contributed by atoms with van der Waals surface area (Å²) in [7, 11) is 0. The van der Waals surface area contributed by atoms with Crippen LogP contribution in [0.4, 0.5) is 0 Å². The Morgan fingerprint density at radius 2 is 2.25 bits per heavy atom. The second-order valence-electron chi connectivity index (χ2n) is 1.71. The summed E-state index contributed by atoms with van der Waals surface area (Å²) >= 11 is 0. The van der Waals surface area contributed by atoms with Crippen molar-refractivity contribution >= 4 is 5.78 Å². The zero-order valence-electron chi connectivity index (χ0n) is 4.42. The summed E-state index contributed by atoms with van der Waals surface area (Å²) < 4.78 is 0. The second-order valence-corrected chi connectivity index (χ2v) is 1.71. The van der Waals surface area contributed by atoms with Crippen LogP contribution in [0.2, 0.25) is 0 Å². The molecule has 1 aliphatic carbocycles. The monoisotopic (exact) mass is 109 g/mol. The zero-order valence-corrected chi connectivity index (χ0v) is 4.42. The molecule has 1 rings (SSSR count). The molecule has 0 amide bonds. The first-order chi connectivity index (χ1) is 3.79. The summed E-state index contributed by atoms with van der Waals surface area (Å²) in [5.74, 6) is 0.124. The quantitative estimate of drug-likeness (QED) is 0.488. The van der Waals surface area contributed by atoms with Gasteiger partial charge in [0.25, 0.3) is 0 Å². The molecule has 0 saturated carbocycles. The van der Waals surface area contributed by atoms with E-state index < -0.39 is 0 Å². The van der Waals surface area contributed by atoms with Gasteiger partial charge in [0.15, 0.2) is 5.78 Å². The lowest BCUT2D eigenvalue weighted by Gasteiger charge is -1.96. The summed E-state index contributed by atoms with van der Waals surface area (Å²) in [6.45, 7) is 0. The van der Waals surface area contributed by atoms with E-state index in [1.807, 2.05) is 0 Å². The average molecular weight is 109 g/mol. The lowest BCUT2D eigenvalue weighted by Crippen LogP contribution is -2.01. The molecule has 2 heteroatoms. The van der Waals surface area contributed by atoms with Gasteiger partial charge in [-0.05, 0) is 12.2 Å². The molecule has 0 heterocycles. The van der Waals surface area contributed by atoms with E-state index in [0.29, 0.717) is 12.1 Å². The van der Waals surface area contributed by atoms with Crippen molar-refractivity contribution in [1.29, 1.82) is 0 Å². The van der Waals surface area contributed by atoms with Crippen molar-refractivity contribution < 1.29 is 4.79 Å². The molecule has 42 valence electrons. The molecule has 2 N–H and O–H groups in total. The van der Waals surface area contributed by atoms with Crippen LogP contribution in [-0.4, -0.2) is 5.78 Å². The number of hydrogen-bond acceptors (Lipinski definition) is 2. The normalized spacial score (nSPS) is 18.5. The molecule has 1 aliphatic rings. The standard InChI is InChI=1S/C6H7NO/c7-5-1-3-6(8)4-2-5/h1-3H,4,7H2. The lowest BCUT2D eigenvalue weighted by atomic mass is 10.1. The molecule has 0 saturated heterocycles. The molecular weight excluding hydrogens is 102 g/mol. The number of allylic oxidation sites excluding steroid dienone is 3. The van der Waals surface area contributed by atoms with Crippen molar-refractivity contribution in [3.8, 4) is 0 Å². The molecule has 0 spiro atoms. The number of carbonyl (C=O) groups excluding carboxylic acids is 1. The number of ketones is 1. The topological polar surface area (TPSA) is 43.1 Å². The highest BCUT2D eigenvalue weighted by atomic mass is 16.1. The van der Waals surface area contributed by atoms with Gasteiger partial charge in [-0.25, -0.2) is 0 Å². The molecule has 0 aliphatic heterocycles. The van der Waals surface area contributed by atoms with Gasteiger partial charge < -0.3 is 5.73 Å². The Balaban J connectivity index is 2.71. The molecular formula is C6H7NO. The Bertz CT molecular complexity index is 165. The number of carbonyl (C=O) groups is 1. The lowest BCUT2D eigenvalue weighted by molar-refractivity contribution is -0.113. The first-order valence-electron chi connectivity index (χ1n) is 2.45. The van der Waals surface area contributed by atoms with E-state index in [-0.39, 0.29) is 5.78 Å². The summed E-state index contributed by atoms with van der Waals surface area (Å²) in [6.07, 6.45) is 5.28. The van der Waals surface area contributed by atoms with Crippen molar-refractivity contribution in [1.82, 2.24) is 0 Å². The van der Waals surface area contributed by atoms with E-state index in [9.17, 15) is 4.79 Å². The minimum Gasteiger partial charge on any atom is -0.399 e. The highest BCUT2D eigenvalue weighted by molar-refractivity contribution is 5.92. The van der Waals surface area contributed by atoms with Crippen LogP contribution in [0.1, 0.15) is 6.42 Å². The van der Waals surface area contributed by atoms with Crippen LogP contribution in [0.3, 0.4) is 0 Å². The van der Waals surface area contributed by atoms with Gasteiger partial charge in [0.1, 0.15) is 0 Å². The fraction of sp³-hybridized carbons (Fsp3) is 0.167. The van der Waals surface area contributed by atoms with Crippen LogP contribution in [-0.2, 0) is 4.79 Å². The highest BCUT2D eigenvalue weighted by Crippen LogP contribution is 1.99. The van der Waals surface area contributed by atoms with E-state index in [2.05, 4.69) is 0 Å². The summed E-state index contributed by atoms with van der Waals surface area (Å²) in [5.41, 5.74) is 6.00. The smallest absolute Gasteiger partial charge is 0.159 e. The Morgan fingerprint density at radius 3 is 2.62 bits per heavy atom. The first-order valence-corrected chi connectivity index (χ1v) is 2.45. The Hall–Kier alpha value is -1.05. The Kier molecular flexibility index (Phi) is 1.16. The van der Waals surface area contributed by atoms with E-state index in [4.69, 9.17) is 5.73 Å². The fourth-order valence-corrected chi connectivity index (χ4v) is 0.544. The molecule has 2 nitrogen and oxygen atoms in total.